The zero-order valence-electron chi connectivity index (χ0n) is 12.3. The van der Waals surface area contributed by atoms with E-state index in [1.54, 1.807) is 6.08 Å². The molecule has 1 aliphatic rings. The van der Waals surface area contributed by atoms with Gasteiger partial charge in [-0.25, -0.2) is 0 Å². The lowest BCUT2D eigenvalue weighted by atomic mass is 9.78. The summed E-state index contributed by atoms with van der Waals surface area (Å²) >= 11 is 0. The van der Waals surface area contributed by atoms with E-state index in [2.05, 4.69) is 19.2 Å². The molecule has 0 radical (unpaired) electrons. The van der Waals surface area contributed by atoms with Crippen LogP contribution in [-0.4, -0.2) is 11.9 Å². The summed E-state index contributed by atoms with van der Waals surface area (Å²) in [6.07, 6.45) is 6.97. The molecule has 1 aromatic carbocycles. The molecular formula is C17H24N2O. The zero-order valence-corrected chi connectivity index (χ0v) is 12.3. The summed E-state index contributed by atoms with van der Waals surface area (Å²) in [4.78, 5) is 12.0. The van der Waals surface area contributed by atoms with E-state index in [-0.39, 0.29) is 5.91 Å². The number of hydrogen-bond donors (Lipinski definition) is 2. The van der Waals surface area contributed by atoms with Crippen molar-refractivity contribution in [3.05, 3.63) is 35.9 Å². The number of nitrogen functional groups attached to an aromatic ring is 1. The van der Waals surface area contributed by atoms with Gasteiger partial charge in [0.15, 0.2) is 0 Å². The highest BCUT2D eigenvalue weighted by Crippen LogP contribution is 2.29. The van der Waals surface area contributed by atoms with Gasteiger partial charge in [0.2, 0.25) is 5.91 Å². The molecule has 3 atom stereocenters. The Kier molecular flexibility index (Phi) is 4.83. The first-order chi connectivity index (χ1) is 9.56. The predicted octanol–water partition coefficient (Wildman–Crippen LogP) is 3.22. The van der Waals surface area contributed by atoms with Crippen molar-refractivity contribution in [2.75, 3.05) is 5.73 Å². The maximum atomic E-state index is 12.0. The highest BCUT2D eigenvalue weighted by molar-refractivity contribution is 5.92. The molecule has 3 nitrogen and oxygen atoms in total. The van der Waals surface area contributed by atoms with Gasteiger partial charge in [-0.3, -0.25) is 4.79 Å². The van der Waals surface area contributed by atoms with E-state index in [4.69, 9.17) is 5.73 Å². The van der Waals surface area contributed by atoms with Crippen molar-refractivity contribution < 1.29 is 4.79 Å². The predicted molar refractivity (Wildman–Crippen MR) is 84.0 cm³/mol. The van der Waals surface area contributed by atoms with Crippen molar-refractivity contribution in [2.24, 2.45) is 11.8 Å². The summed E-state index contributed by atoms with van der Waals surface area (Å²) in [5.41, 5.74) is 7.37. The van der Waals surface area contributed by atoms with Crippen LogP contribution in [0.5, 0.6) is 0 Å². The van der Waals surface area contributed by atoms with E-state index in [0.29, 0.717) is 23.6 Å². The van der Waals surface area contributed by atoms with E-state index >= 15 is 0 Å². The Bertz CT molecular complexity index is 496. The van der Waals surface area contributed by atoms with Crippen LogP contribution in [-0.2, 0) is 4.79 Å². The van der Waals surface area contributed by atoms with Crippen molar-refractivity contribution >= 4 is 17.7 Å². The summed E-state index contributed by atoms with van der Waals surface area (Å²) < 4.78 is 0. The molecule has 0 saturated heterocycles. The number of nitrogens with one attached hydrogen (secondary N) is 1. The quantitative estimate of drug-likeness (QED) is 0.655. The molecule has 20 heavy (non-hydrogen) atoms. The molecule has 1 fully saturated rings. The second-order valence-corrected chi connectivity index (χ2v) is 5.89. The molecule has 1 aliphatic carbocycles. The Balaban J connectivity index is 1.92. The van der Waals surface area contributed by atoms with Crippen LogP contribution >= 0.6 is 0 Å². The molecule has 0 aliphatic heterocycles. The summed E-state index contributed by atoms with van der Waals surface area (Å²) in [5.74, 6) is 1.22. The van der Waals surface area contributed by atoms with Crippen molar-refractivity contribution in [1.29, 1.82) is 0 Å². The first-order valence-corrected chi connectivity index (χ1v) is 7.40. The molecule has 0 spiro atoms. The Morgan fingerprint density at radius 2 is 2.15 bits per heavy atom. The Morgan fingerprint density at radius 3 is 2.90 bits per heavy atom. The third-order valence-electron chi connectivity index (χ3n) is 4.37. The molecule has 1 saturated carbocycles. The molecule has 0 bridgehead atoms. The van der Waals surface area contributed by atoms with Crippen LogP contribution in [0.4, 0.5) is 5.69 Å². The van der Waals surface area contributed by atoms with Gasteiger partial charge in [-0.15, -0.1) is 0 Å². The summed E-state index contributed by atoms with van der Waals surface area (Å²) in [6, 6.07) is 7.82. The number of carbonyl (C=O) groups excluding carboxylic acids is 1. The van der Waals surface area contributed by atoms with Crippen LogP contribution in [0, 0.1) is 11.8 Å². The van der Waals surface area contributed by atoms with Gasteiger partial charge in [0.05, 0.1) is 0 Å². The SMILES string of the molecule is CC1CCCC(NC(=O)/C=C/c2cccc(N)c2)C1C. The van der Waals surface area contributed by atoms with E-state index in [0.717, 1.165) is 12.0 Å². The molecule has 108 valence electrons. The fraction of sp³-hybridized carbons (Fsp3) is 0.471. The molecular weight excluding hydrogens is 248 g/mol. The molecule has 2 rings (SSSR count). The normalized spacial score (nSPS) is 26.6. The van der Waals surface area contributed by atoms with Gasteiger partial charge in [0, 0.05) is 17.8 Å². The summed E-state index contributed by atoms with van der Waals surface area (Å²) in [7, 11) is 0. The molecule has 0 heterocycles. The van der Waals surface area contributed by atoms with Crippen LogP contribution in [0.25, 0.3) is 6.08 Å². The van der Waals surface area contributed by atoms with Gasteiger partial charge < -0.3 is 11.1 Å². The maximum Gasteiger partial charge on any atom is 0.244 e. The molecule has 1 aromatic rings. The number of amides is 1. The molecule has 0 aromatic heterocycles. The minimum absolute atomic E-state index is 0.0154. The largest absolute Gasteiger partial charge is 0.399 e. The van der Waals surface area contributed by atoms with Gasteiger partial charge in [-0.2, -0.15) is 0 Å². The molecule has 3 N–H and O–H groups in total. The number of nitrogens with two attached hydrogens (primary N) is 1. The van der Waals surface area contributed by atoms with Crippen molar-refractivity contribution in [3.8, 4) is 0 Å². The van der Waals surface area contributed by atoms with Crippen LogP contribution in [0.15, 0.2) is 30.3 Å². The van der Waals surface area contributed by atoms with Crippen LogP contribution < -0.4 is 11.1 Å². The van der Waals surface area contributed by atoms with E-state index in [9.17, 15) is 4.79 Å². The fourth-order valence-corrected chi connectivity index (χ4v) is 2.85. The lowest BCUT2D eigenvalue weighted by Gasteiger charge is -2.34. The topological polar surface area (TPSA) is 55.1 Å². The number of hydrogen-bond acceptors (Lipinski definition) is 2. The average Bonchev–Trinajstić information content (AvgIpc) is 2.42. The Morgan fingerprint density at radius 1 is 1.35 bits per heavy atom. The van der Waals surface area contributed by atoms with Gasteiger partial charge in [0.25, 0.3) is 0 Å². The monoisotopic (exact) mass is 272 g/mol. The number of carbonyl (C=O) groups is 1. The minimum atomic E-state index is -0.0154. The smallest absolute Gasteiger partial charge is 0.244 e. The number of anilines is 1. The fourth-order valence-electron chi connectivity index (χ4n) is 2.85. The average molecular weight is 272 g/mol. The summed E-state index contributed by atoms with van der Waals surface area (Å²) in [6.45, 7) is 4.50. The first kappa shape index (κ1) is 14.6. The van der Waals surface area contributed by atoms with Crippen molar-refractivity contribution in [3.63, 3.8) is 0 Å². The second kappa shape index (κ2) is 6.60. The van der Waals surface area contributed by atoms with E-state index < -0.39 is 0 Å². The van der Waals surface area contributed by atoms with Gasteiger partial charge in [-0.1, -0.05) is 38.8 Å². The van der Waals surface area contributed by atoms with Gasteiger partial charge in [0.1, 0.15) is 0 Å². The Labute approximate surface area is 121 Å². The number of rotatable bonds is 3. The van der Waals surface area contributed by atoms with Crippen LogP contribution in [0.2, 0.25) is 0 Å². The van der Waals surface area contributed by atoms with Crippen molar-refractivity contribution in [2.45, 2.75) is 39.2 Å². The highest BCUT2D eigenvalue weighted by Gasteiger charge is 2.27. The Hall–Kier alpha value is -1.77. The van der Waals surface area contributed by atoms with Crippen molar-refractivity contribution in [1.82, 2.24) is 5.32 Å². The standard InChI is InChI=1S/C17H24N2O/c1-12-5-3-8-16(13(12)2)19-17(20)10-9-14-6-4-7-15(18)11-14/h4,6-7,9-13,16H,3,5,8,18H2,1-2H3,(H,19,20)/b10-9+. The lowest BCUT2D eigenvalue weighted by Crippen LogP contribution is -2.43. The second-order valence-electron chi connectivity index (χ2n) is 5.89. The zero-order chi connectivity index (χ0) is 14.5. The molecule has 3 unspecified atom stereocenters. The van der Waals surface area contributed by atoms with Gasteiger partial charge in [-0.05, 0) is 42.0 Å². The highest BCUT2D eigenvalue weighted by atomic mass is 16.1. The summed E-state index contributed by atoms with van der Waals surface area (Å²) in [5, 5.41) is 3.13. The number of benzene rings is 1. The lowest BCUT2D eigenvalue weighted by molar-refractivity contribution is -0.117. The maximum absolute atomic E-state index is 12.0. The minimum Gasteiger partial charge on any atom is -0.399 e. The molecule has 3 heteroatoms. The van der Waals surface area contributed by atoms with Gasteiger partial charge >= 0.3 is 0 Å². The van der Waals surface area contributed by atoms with Crippen LogP contribution in [0.1, 0.15) is 38.7 Å². The molecule has 1 amide bonds. The third-order valence-corrected chi connectivity index (χ3v) is 4.37. The van der Waals surface area contributed by atoms with E-state index in [1.807, 2.05) is 30.3 Å². The first-order valence-electron chi connectivity index (χ1n) is 7.40. The van der Waals surface area contributed by atoms with Crippen LogP contribution in [0.3, 0.4) is 0 Å². The third kappa shape index (κ3) is 3.86. The van der Waals surface area contributed by atoms with E-state index in [1.165, 1.54) is 12.8 Å².